The number of benzene rings is 3. The first-order chi connectivity index (χ1) is 18.1. The molecular weight excluding hydrogens is 513 g/mol. The summed E-state index contributed by atoms with van der Waals surface area (Å²) in [5, 5.41) is 21.1. The van der Waals surface area contributed by atoms with Gasteiger partial charge in [-0.25, -0.2) is 4.99 Å². The van der Waals surface area contributed by atoms with Crippen molar-refractivity contribution in [2.75, 3.05) is 23.9 Å². The summed E-state index contributed by atoms with van der Waals surface area (Å²) in [6.45, 7) is 3.91. The Labute approximate surface area is 224 Å². The van der Waals surface area contributed by atoms with Crippen LogP contribution in [-0.4, -0.2) is 42.2 Å². The van der Waals surface area contributed by atoms with Gasteiger partial charge in [0, 0.05) is 30.9 Å². The lowest BCUT2D eigenvalue weighted by Crippen LogP contribution is -2.26. The zero-order chi connectivity index (χ0) is 27.7. The van der Waals surface area contributed by atoms with Crippen molar-refractivity contribution in [2.24, 2.45) is 4.99 Å². The topological polar surface area (TPSA) is 80.9 Å². The molecule has 3 aromatic carbocycles. The Kier molecular flexibility index (Phi) is 9.75. The SMILES string of the molecule is C=C(N=CN(C)c1ccc(OC(F)(F)F)cc1)c1ccc(NC(=S)C(=N)C(CCO)c2ccccc2)cc1. The lowest BCUT2D eigenvalue weighted by Gasteiger charge is -2.19. The van der Waals surface area contributed by atoms with Crippen LogP contribution < -0.4 is 15.0 Å². The number of nitrogens with one attached hydrogen (secondary N) is 2. The zero-order valence-corrected chi connectivity index (χ0v) is 21.4. The maximum atomic E-state index is 12.3. The van der Waals surface area contributed by atoms with E-state index >= 15 is 0 Å². The van der Waals surface area contributed by atoms with Gasteiger partial charge < -0.3 is 25.5 Å². The van der Waals surface area contributed by atoms with E-state index < -0.39 is 6.36 Å². The Morgan fingerprint density at radius 3 is 2.32 bits per heavy atom. The van der Waals surface area contributed by atoms with Crippen molar-refractivity contribution < 1.29 is 23.0 Å². The third kappa shape index (κ3) is 8.25. The first-order valence-corrected chi connectivity index (χ1v) is 12.0. The second kappa shape index (κ2) is 13.0. The minimum atomic E-state index is -4.74. The third-order valence-electron chi connectivity index (χ3n) is 5.55. The van der Waals surface area contributed by atoms with E-state index in [0.29, 0.717) is 23.5 Å². The van der Waals surface area contributed by atoms with Gasteiger partial charge in [-0.2, -0.15) is 0 Å². The van der Waals surface area contributed by atoms with Crippen molar-refractivity contribution in [1.82, 2.24) is 0 Å². The minimum absolute atomic E-state index is 0.0607. The molecule has 0 aliphatic carbocycles. The van der Waals surface area contributed by atoms with Crippen molar-refractivity contribution in [2.45, 2.75) is 18.7 Å². The third-order valence-corrected chi connectivity index (χ3v) is 5.88. The van der Waals surface area contributed by atoms with Gasteiger partial charge in [0.15, 0.2) is 0 Å². The van der Waals surface area contributed by atoms with Crippen LogP contribution in [0.4, 0.5) is 24.5 Å². The number of halogens is 3. The molecule has 0 heterocycles. The lowest BCUT2D eigenvalue weighted by molar-refractivity contribution is -0.274. The maximum Gasteiger partial charge on any atom is 0.573 e. The van der Waals surface area contributed by atoms with Crippen molar-refractivity contribution in [3.05, 3.63) is 96.6 Å². The molecule has 0 aliphatic heterocycles. The highest BCUT2D eigenvalue weighted by molar-refractivity contribution is 7.82. The number of nitrogens with zero attached hydrogens (tertiary/aromatic N) is 2. The molecule has 1 atom stereocenters. The fraction of sp³-hybridized carbons (Fsp3) is 0.179. The van der Waals surface area contributed by atoms with Gasteiger partial charge >= 0.3 is 6.36 Å². The molecule has 0 aromatic heterocycles. The molecule has 0 amide bonds. The number of aliphatic hydroxyl groups excluding tert-OH is 1. The molecule has 0 saturated carbocycles. The molecular formula is C28H27F3N4O2S. The molecule has 198 valence electrons. The molecule has 0 saturated heterocycles. The Morgan fingerprint density at radius 2 is 1.74 bits per heavy atom. The summed E-state index contributed by atoms with van der Waals surface area (Å²) < 4.78 is 40.9. The van der Waals surface area contributed by atoms with Crippen molar-refractivity contribution in [3.63, 3.8) is 0 Å². The highest BCUT2D eigenvalue weighted by atomic mass is 32.1. The first-order valence-electron chi connectivity index (χ1n) is 11.5. The number of aliphatic hydroxyl groups is 1. The van der Waals surface area contributed by atoms with E-state index in [1.165, 1.54) is 30.6 Å². The van der Waals surface area contributed by atoms with E-state index in [1.54, 1.807) is 36.2 Å². The molecule has 3 rings (SSSR count). The molecule has 0 aliphatic rings. The van der Waals surface area contributed by atoms with Crippen LogP contribution in [0.1, 0.15) is 23.5 Å². The summed E-state index contributed by atoms with van der Waals surface area (Å²) in [6, 6.07) is 22.1. The zero-order valence-electron chi connectivity index (χ0n) is 20.6. The maximum absolute atomic E-state index is 12.3. The van der Waals surface area contributed by atoms with Crippen molar-refractivity contribution in [1.29, 1.82) is 5.41 Å². The van der Waals surface area contributed by atoms with E-state index in [4.69, 9.17) is 17.6 Å². The standard InChI is InChI=1S/C28H27F3N4O2S/c1-19(33-18-35(2)23-12-14-24(15-13-23)37-28(29,30)31)20-8-10-22(11-9-20)34-27(38)26(32)25(16-17-36)21-6-4-3-5-7-21/h3-15,18,25,32,36H,1,16-17H2,2H3,(H,34,38). The predicted octanol–water partition coefficient (Wildman–Crippen LogP) is 6.65. The molecule has 3 N–H and O–H groups in total. The van der Waals surface area contributed by atoms with E-state index in [0.717, 1.165) is 11.1 Å². The molecule has 0 bridgehead atoms. The van der Waals surface area contributed by atoms with E-state index in [1.807, 2.05) is 30.3 Å². The Bertz CT molecular complexity index is 1280. The fourth-order valence-electron chi connectivity index (χ4n) is 3.58. The number of rotatable bonds is 11. The van der Waals surface area contributed by atoms with Crippen LogP contribution in [0.25, 0.3) is 5.70 Å². The highest BCUT2D eigenvalue weighted by Crippen LogP contribution is 2.25. The van der Waals surface area contributed by atoms with Gasteiger partial charge in [-0.05, 0) is 53.9 Å². The van der Waals surface area contributed by atoms with Crippen LogP contribution in [0.3, 0.4) is 0 Å². The minimum Gasteiger partial charge on any atom is -0.406 e. The number of hydrogen-bond acceptors (Lipinski definition) is 5. The summed E-state index contributed by atoms with van der Waals surface area (Å²) in [4.78, 5) is 6.25. The molecule has 38 heavy (non-hydrogen) atoms. The van der Waals surface area contributed by atoms with E-state index in [2.05, 4.69) is 21.6 Å². The fourth-order valence-corrected chi connectivity index (χ4v) is 3.84. The number of ether oxygens (including phenoxy) is 1. The number of thiocarbonyl (C=S) groups is 1. The second-order valence-electron chi connectivity index (χ2n) is 8.26. The van der Waals surface area contributed by atoms with Crippen molar-refractivity contribution >= 4 is 46.3 Å². The second-order valence-corrected chi connectivity index (χ2v) is 8.67. The van der Waals surface area contributed by atoms with Crippen molar-refractivity contribution in [3.8, 4) is 5.75 Å². The smallest absolute Gasteiger partial charge is 0.406 e. The largest absolute Gasteiger partial charge is 0.573 e. The Balaban J connectivity index is 1.59. The molecule has 10 heteroatoms. The van der Waals surface area contributed by atoms with Crippen LogP contribution in [0.15, 0.2) is 90.4 Å². The van der Waals surface area contributed by atoms with Crippen LogP contribution in [0, 0.1) is 5.41 Å². The van der Waals surface area contributed by atoms with Crippen LogP contribution in [0.2, 0.25) is 0 Å². The van der Waals surface area contributed by atoms with Gasteiger partial charge in [0.25, 0.3) is 0 Å². The summed E-state index contributed by atoms with van der Waals surface area (Å²) in [7, 11) is 1.71. The normalized spacial score (nSPS) is 12.1. The van der Waals surface area contributed by atoms with E-state index in [9.17, 15) is 18.3 Å². The van der Waals surface area contributed by atoms with Gasteiger partial charge in [-0.3, -0.25) is 0 Å². The quantitative estimate of drug-likeness (QED) is 0.144. The highest BCUT2D eigenvalue weighted by Gasteiger charge is 2.31. The molecule has 3 aromatic rings. The van der Waals surface area contributed by atoms with Crippen LogP contribution >= 0.6 is 12.2 Å². The summed E-state index contributed by atoms with van der Waals surface area (Å²) in [5.74, 6) is -0.622. The number of hydrogen-bond donors (Lipinski definition) is 3. The van der Waals surface area contributed by atoms with Crippen LogP contribution in [0.5, 0.6) is 5.75 Å². The van der Waals surface area contributed by atoms with Gasteiger partial charge in [0.2, 0.25) is 0 Å². The average Bonchev–Trinajstić information content (AvgIpc) is 2.90. The van der Waals surface area contributed by atoms with Gasteiger partial charge in [0.05, 0.1) is 17.7 Å². The summed E-state index contributed by atoms with van der Waals surface area (Å²) in [5.41, 5.74) is 3.66. The summed E-state index contributed by atoms with van der Waals surface area (Å²) >= 11 is 5.46. The molecule has 1 unspecified atom stereocenters. The van der Waals surface area contributed by atoms with Gasteiger partial charge in [-0.15, -0.1) is 13.2 Å². The Morgan fingerprint density at radius 1 is 1.11 bits per heavy atom. The lowest BCUT2D eigenvalue weighted by atomic mass is 9.91. The van der Waals surface area contributed by atoms with Gasteiger partial charge in [-0.1, -0.05) is 61.3 Å². The molecule has 0 fully saturated rings. The number of anilines is 2. The average molecular weight is 541 g/mol. The van der Waals surface area contributed by atoms with Crippen LogP contribution in [-0.2, 0) is 0 Å². The first kappa shape index (κ1) is 28.5. The number of alkyl halides is 3. The summed E-state index contributed by atoms with van der Waals surface area (Å²) in [6.07, 6.45) is -2.84. The Hall–Kier alpha value is -4.02. The van der Waals surface area contributed by atoms with E-state index in [-0.39, 0.29) is 29.0 Å². The van der Waals surface area contributed by atoms with Gasteiger partial charge in [0.1, 0.15) is 10.7 Å². The molecule has 0 radical (unpaired) electrons. The predicted molar refractivity (Wildman–Crippen MR) is 150 cm³/mol. The number of aliphatic imine (C=N–C) groups is 1. The molecule has 0 spiro atoms. The monoisotopic (exact) mass is 540 g/mol. The molecule has 6 nitrogen and oxygen atoms in total.